The second-order valence-corrected chi connectivity index (χ2v) is 3.57. The van der Waals surface area contributed by atoms with Gasteiger partial charge in [-0.05, 0) is 25.7 Å². The topological polar surface area (TPSA) is 0 Å². The van der Waals surface area contributed by atoms with Crippen LogP contribution in [0.15, 0.2) is 11.6 Å². The van der Waals surface area contributed by atoms with Gasteiger partial charge in [0.05, 0.1) is 0 Å². The van der Waals surface area contributed by atoms with Crippen molar-refractivity contribution in [2.45, 2.75) is 52.4 Å². The van der Waals surface area contributed by atoms with Crippen molar-refractivity contribution in [3.63, 3.8) is 0 Å². The maximum Gasteiger partial charge on any atom is 0.0226 e. The van der Waals surface area contributed by atoms with Crippen molar-refractivity contribution in [3.05, 3.63) is 11.6 Å². The third-order valence-electron chi connectivity index (χ3n) is 1.91. The molecule has 0 fully saturated rings. The van der Waals surface area contributed by atoms with Gasteiger partial charge in [-0.1, -0.05) is 38.3 Å². The normalized spacial score (nSPS) is 9.92. The van der Waals surface area contributed by atoms with Crippen LogP contribution in [0.25, 0.3) is 0 Å². The lowest BCUT2D eigenvalue weighted by molar-refractivity contribution is 0.788. The maximum absolute atomic E-state index is 5.61. The van der Waals surface area contributed by atoms with Crippen LogP contribution in [0.1, 0.15) is 52.4 Å². The Hall–Kier alpha value is 0.0300. The highest BCUT2D eigenvalue weighted by molar-refractivity contribution is 6.17. The predicted octanol–water partition coefficient (Wildman–Crippen LogP) is 4.53. The van der Waals surface area contributed by atoms with Gasteiger partial charge < -0.3 is 0 Å². The summed E-state index contributed by atoms with van der Waals surface area (Å²) in [5.74, 6) is 0.794. The molecule has 0 radical (unpaired) electrons. The molecule has 0 aliphatic rings. The number of rotatable bonds is 7. The van der Waals surface area contributed by atoms with Crippen molar-refractivity contribution in [1.82, 2.24) is 0 Å². The van der Waals surface area contributed by atoms with Crippen LogP contribution < -0.4 is 0 Å². The molecule has 1 heteroatoms. The van der Waals surface area contributed by atoms with Crippen LogP contribution in [0.5, 0.6) is 0 Å². The molecule has 0 heterocycles. The Labute approximate surface area is 82.0 Å². The van der Waals surface area contributed by atoms with E-state index in [-0.39, 0.29) is 0 Å². The van der Waals surface area contributed by atoms with Crippen LogP contribution >= 0.6 is 11.6 Å². The van der Waals surface area contributed by atoms with Gasteiger partial charge in [-0.15, -0.1) is 11.6 Å². The van der Waals surface area contributed by atoms with E-state index in [1.165, 1.54) is 32.1 Å². The highest BCUT2D eigenvalue weighted by atomic mass is 35.5. The van der Waals surface area contributed by atoms with Crippen molar-refractivity contribution in [3.8, 4) is 0 Å². The quantitative estimate of drug-likeness (QED) is 0.313. The lowest BCUT2D eigenvalue weighted by Gasteiger charge is -2.03. The van der Waals surface area contributed by atoms with E-state index in [9.17, 15) is 0 Å². The molecular weight excluding hydrogens is 168 g/mol. The minimum absolute atomic E-state index is 0.794. The summed E-state index contributed by atoms with van der Waals surface area (Å²) in [4.78, 5) is 0. The lowest BCUT2D eigenvalue weighted by atomic mass is 10.0. The Morgan fingerprint density at radius 3 is 2.17 bits per heavy atom. The van der Waals surface area contributed by atoms with E-state index in [4.69, 9.17) is 11.6 Å². The van der Waals surface area contributed by atoms with Crippen molar-refractivity contribution < 1.29 is 0 Å². The second-order valence-electron chi connectivity index (χ2n) is 3.19. The van der Waals surface area contributed by atoms with Gasteiger partial charge in [0, 0.05) is 5.88 Å². The smallest absolute Gasteiger partial charge is 0.0226 e. The average Bonchev–Trinajstić information content (AvgIpc) is 2.06. The highest BCUT2D eigenvalue weighted by Gasteiger charge is 1.93. The third-order valence-corrected chi connectivity index (χ3v) is 2.18. The average molecular weight is 189 g/mol. The summed E-state index contributed by atoms with van der Waals surface area (Å²) in [6, 6.07) is 0. The Bertz CT molecular complexity index is 108. The number of alkyl halides is 1. The fourth-order valence-electron chi connectivity index (χ4n) is 1.35. The molecule has 0 nitrogen and oxygen atoms in total. The lowest BCUT2D eigenvalue weighted by Crippen LogP contribution is -1.83. The first-order chi connectivity index (χ1) is 5.85. The molecule has 0 aliphatic carbocycles. The van der Waals surface area contributed by atoms with Gasteiger partial charge in [0.15, 0.2) is 0 Å². The van der Waals surface area contributed by atoms with Crippen molar-refractivity contribution in [2.75, 3.05) is 5.88 Å². The van der Waals surface area contributed by atoms with E-state index in [0.29, 0.717) is 0 Å². The van der Waals surface area contributed by atoms with Gasteiger partial charge >= 0.3 is 0 Å². The van der Waals surface area contributed by atoms with Crippen LogP contribution in [0.3, 0.4) is 0 Å². The Morgan fingerprint density at radius 2 is 1.75 bits per heavy atom. The zero-order chi connectivity index (χ0) is 9.23. The zero-order valence-electron chi connectivity index (χ0n) is 8.41. The molecule has 12 heavy (non-hydrogen) atoms. The summed E-state index contributed by atoms with van der Waals surface area (Å²) in [6.45, 7) is 4.48. The van der Waals surface area contributed by atoms with Crippen molar-refractivity contribution >= 4 is 11.6 Å². The van der Waals surface area contributed by atoms with Crippen molar-refractivity contribution in [2.24, 2.45) is 0 Å². The fourth-order valence-corrected chi connectivity index (χ4v) is 1.51. The Kier molecular flexibility index (Phi) is 9.14. The van der Waals surface area contributed by atoms with Gasteiger partial charge in [-0.25, -0.2) is 0 Å². The monoisotopic (exact) mass is 188 g/mol. The standard InChI is InChI=1S/C11H21Cl/c1-3-7-11(8-4-2)9-5-6-10-12/h9H,3-8,10H2,1-2H3. The van der Waals surface area contributed by atoms with E-state index in [1.54, 1.807) is 5.57 Å². The molecule has 0 aromatic heterocycles. The minimum atomic E-state index is 0.794. The zero-order valence-corrected chi connectivity index (χ0v) is 9.16. The Morgan fingerprint density at radius 1 is 1.17 bits per heavy atom. The van der Waals surface area contributed by atoms with Crippen LogP contribution in [0, 0.1) is 0 Å². The molecule has 0 N–H and O–H groups in total. The summed E-state index contributed by atoms with van der Waals surface area (Å²) < 4.78 is 0. The van der Waals surface area contributed by atoms with Crippen LogP contribution in [0.2, 0.25) is 0 Å². The number of allylic oxidation sites excluding steroid dienone is 2. The van der Waals surface area contributed by atoms with Gasteiger partial charge in [-0.2, -0.15) is 0 Å². The number of unbranched alkanes of at least 4 members (excludes halogenated alkanes) is 1. The number of hydrogen-bond donors (Lipinski definition) is 0. The first kappa shape index (κ1) is 12.0. The third kappa shape index (κ3) is 6.72. The summed E-state index contributed by atoms with van der Waals surface area (Å²) in [5, 5.41) is 0. The predicted molar refractivity (Wildman–Crippen MR) is 57.9 cm³/mol. The maximum atomic E-state index is 5.61. The SMILES string of the molecule is CCCC(=CCCCCl)CCC. The molecule has 0 amide bonds. The molecule has 72 valence electrons. The van der Waals surface area contributed by atoms with Crippen LogP contribution in [-0.4, -0.2) is 5.88 Å². The van der Waals surface area contributed by atoms with Crippen LogP contribution in [0.4, 0.5) is 0 Å². The van der Waals surface area contributed by atoms with E-state index in [0.717, 1.165) is 12.3 Å². The van der Waals surface area contributed by atoms with Crippen molar-refractivity contribution in [1.29, 1.82) is 0 Å². The highest BCUT2D eigenvalue weighted by Crippen LogP contribution is 2.13. The Balaban J connectivity index is 3.64. The summed E-state index contributed by atoms with van der Waals surface area (Å²) in [6.07, 6.45) is 9.76. The summed E-state index contributed by atoms with van der Waals surface area (Å²) >= 11 is 5.61. The molecule has 0 aliphatic heterocycles. The molecule has 0 aromatic rings. The van der Waals surface area contributed by atoms with Gasteiger partial charge in [0.25, 0.3) is 0 Å². The fraction of sp³-hybridized carbons (Fsp3) is 0.818. The molecular formula is C11H21Cl. The first-order valence-corrected chi connectivity index (χ1v) is 5.62. The molecule has 0 aromatic carbocycles. The van der Waals surface area contributed by atoms with Gasteiger partial charge in [0.1, 0.15) is 0 Å². The van der Waals surface area contributed by atoms with E-state index in [2.05, 4.69) is 19.9 Å². The van der Waals surface area contributed by atoms with E-state index in [1.807, 2.05) is 0 Å². The van der Waals surface area contributed by atoms with Gasteiger partial charge in [-0.3, -0.25) is 0 Å². The van der Waals surface area contributed by atoms with E-state index < -0.39 is 0 Å². The first-order valence-electron chi connectivity index (χ1n) is 5.09. The van der Waals surface area contributed by atoms with E-state index >= 15 is 0 Å². The van der Waals surface area contributed by atoms with Crippen LogP contribution in [-0.2, 0) is 0 Å². The number of hydrogen-bond acceptors (Lipinski definition) is 0. The summed E-state index contributed by atoms with van der Waals surface area (Å²) in [7, 11) is 0. The van der Waals surface area contributed by atoms with Gasteiger partial charge in [0.2, 0.25) is 0 Å². The molecule has 0 atom stereocenters. The molecule has 0 saturated heterocycles. The molecule has 0 rings (SSSR count). The minimum Gasteiger partial charge on any atom is -0.127 e. The molecule has 0 unspecified atom stereocenters. The molecule has 0 bridgehead atoms. The largest absolute Gasteiger partial charge is 0.127 e. The number of halogens is 1. The summed E-state index contributed by atoms with van der Waals surface area (Å²) in [5.41, 5.74) is 1.63. The molecule has 0 saturated carbocycles. The molecule has 0 spiro atoms. The second kappa shape index (κ2) is 9.12.